The summed E-state index contributed by atoms with van der Waals surface area (Å²) in [6.07, 6.45) is 0.334. The van der Waals surface area contributed by atoms with Crippen molar-refractivity contribution in [1.29, 1.82) is 0 Å². The van der Waals surface area contributed by atoms with Crippen LogP contribution in [-0.2, 0) is 20.9 Å². The largest absolute Gasteiger partial charge is 0.391 e. The molecule has 1 heterocycles. The molecule has 5 atom stereocenters. The molecule has 0 aliphatic carbocycles. The van der Waals surface area contributed by atoms with Crippen LogP contribution in [0.2, 0.25) is 0 Å². The molecule has 2 unspecified atom stereocenters. The predicted octanol–water partition coefficient (Wildman–Crippen LogP) is 0.578. The highest BCUT2D eigenvalue weighted by atomic mass is 16.3. The van der Waals surface area contributed by atoms with E-state index >= 15 is 0 Å². The number of amides is 2. The lowest BCUT2D eigenvalue weighted by Crippen LogP contribution is -2.56. The van der Waals surface area contributed by atoms with Gasteiger partial charge in [-0.15, -0.1) is 0 Å². The number of rotatable bonds is 11. The van der Waals surface area contributed by atoms with Gasteiger partial charge in [0.15, 0.2) is 0 Å². The Labute approximate surface area is 184 Å². The Morgan fingerprint density at radius 3 is 2.58 bits per heavy atom. The first-order valence-corrected chi connectivity index (χ1v) is 11.1. The monoisotopic (exact) mass is 432 g/mol. The second-order valence-corrected chi connectivity index (χ2v) is 8.35. The van der Waals surface area contributed by atoms with Crippen LogP contribution in [0.5, 0.6) is 0 Å². The quantitative estimate of drug-likeness (QED) is 0.347. The van der Waals surface area contributed by atoms with Crippen molar-refractivity contribution in [1.82, 2.24) is 16.0 Å². The van der Waals surface area contributed by atoms with Crippen molar-refractivity contribution in [3.63, 3.8) is 0 Å². The van der Waals surface area contributed by atoms with Gasteiger partial charge in [0.2, 0.25) is 11.8 Å². The lowest BCUT2D eigenvalue weighted by Gasteiger charge is -2.29. The highest BCUT2D eigenvalue weighted by molar-refractivity contribution is 5.91. The third kappa shape index (κ3) is 6.85. The third-order valence-electron chi connectivity index (χ3n) is 5.87. The van der Waals surface area contributed by atoms with E-state index in [0.717, 1.165) is 11.1 Å². The van der Waals surface area contributed by atoms with Crippen molar-refractivity contribution in [3.8, 4) is 0 Å². The van der Waals surface area contributed by atoms with E-state index in [1.165, 1.54) is 6.92 Å². The first kappa shape index (κ1) is 25.0. The number of aliphatic hydroxyl groups is 1. The molecular formula is C23H36N4O4. The van der Waals surface area contributed by atoms with Crippen molar-refractivity contribution in [3.05, 3.63) is 35.4 Å². The van der Waals surface area contributed by atoms with Crippen LogP contribution in [0.15, 0.2) is 24.3 Å². The van der Waals surface area contributed by atoms with Crippen molar-refractivity contribution >= 4 is 17.6 Å². The average Bonchev–Trinajstić information content (AvgIpc) is 2.75. The number of aliphatic hydroxyl groups excluding tert-OH is 1. The molecule has 1 aromatic carbocycles. The van der Waals surface area contributed by atoms with Crippen molar-refractivity contribution in [2.45, 2.75) is 70.7 Å². The van der Waals surface area contributed by atoms with Gasteiger partial charge in [0, 0.05) is 31.5 Å². The molecule has 0 saturated carbocycles. The lowest BCUT2D eigenvalue weighted by atomic mass is 9.90. The molecule has 6 N–H and O–H groups in total. The average molecular weight is 433 g/mol. The number of hydrogen-bond acceptors (Lipinski definition) is 6. The van der Waals surface area contributed by atoms with E-state index in [4.69, 9.17) is 5.73 Å². The highest BCUT2D eigenvalue weighted by Gasteiger charge is 2.32. The summed E-state index contributed by atoms with van der Waals surface area (Å²) in [6.45, 7) is 6.63. The van der Waals surface area contributed by atoms with Crippen LogP contribution in [0, 0.1) is 5.92 Å². The Bertz CT molecular complexity index is 768. The second kappa shape index (κ2) is 11.9. The molecule has 0 spiro atoms. The summed E-state index contributed by atoms with van der Waals surface area (Å²) in [4.78, 5) is 37.9. The molecule has 0 saturated heterocycles. The number of fused-ring (bicyclic) bond motifs is 1. The zero-order valence-corrected chi connectivity index (χ0v) is 18.7. The molecular weight excluding hydrogens is 396 g/mol. The van der Waals surface area contributed by atoms with Gasteiger partial charge in [-0.1, -0.05) is 38.1 Å². The van der Waals surface area contributed by atoms with Crippen LogP contribution >= 0.6 is 0 Å². The minimum Gasteiger partial charge on any atom is -0.391 e. The standard InChI is InChI=1S/C23H36N4O4/c1-4-20(29)14(2)11-17(9-10-24)26-23(31)21(15(3)28)27-22(30)19-13-25-12-16-7-5-6-8-18(16)19/h5-8,14-15,17,19,21,25,28H,4,9-13,24H2,1-3H3,(H,26,31)(H,27,30)/t14?,15-,17-,19?,21-/m0/s1. The number of nitrogens with two attached hydrogens (primary N) is 1. The van der Waals surface area contributed by atoms with Gasteiger partial charge in [0.05, 0.1) is 12.0 Å². The second-order valence-electron chi connectivity index (χ2n) is 8.35. The normalized spacial score (nSPS) is 19.5. The molecule has 2 amide bonds. The summed E-state index contributed by atoms with van der Waals surface area (Å²) in [7, 11) is 0. The maximum atomic E-state index is 13.0. The van der Waals surface area contributed by atoms with Crippen LogP contribution in [0.3, 0.4) is 0 Å². The fraction of sp³-hybridized carbons (Fsp3) is 0.609. The maximum absolute atomic E-state index is 13.0. The van der Waals surface area contributed by atoms with Crippen LogP contribution in [0.4, 0.5) is 0 Å². The summed E-state index contributed by atoms with van der Waals surface area (Å²) in [5, 5.41) is 19.0. The van der Waals surface area contributed by atoms with E-state index in [1.54, 1.807) is 0 Å². The van der Waals surface area contributed by atoms with E-state index < -0.39 is 24.0 Å². The van der Waals surface area contributed by atoms with Gasteiger partial charge in [0.25, 0.3) is 0 Å². The van der Waals surface area contributed by atoms with Crippen molar-refractivity contribution < 1.29 is 19.5 Å². The number of benzene rings is 1. The summed E-state index contributed by atoms with van der Waals surface area (Å²) < 4.78 is 0. The molecule has 0 aromatic heterocycles. The van der Waals surface area contributed by atoms with Gasteiger partial charge >= 0.3 is 0 Å². The smallest absolute Gasteiger partial charge is 0.245 e. The SMILES string of the molecule is CCC(=O)C(C)C[C@H](CCN)NC(=O)[C@@H](NC(=O)C1CNCc2ccccc21)[C@H](C)O. The zero-order valence-electron chi connectivity index (χ0n) is 18.7. The summed E-state index contributed by atoms with van der Waals surface area (Å²) in [6, 6.07) is 6.30. The Balaban J connectivity index is 2.07. The Kier molecular flexibility index (Phi) is 9.61. The third-order valence-corrected chi connectivity index (χ3v) is 5.87. The molecule has 0 bridgehead atoms. The van der Waals surface area contributed by atoms with Crippen molar-refractivity contribution in [2.24, 2.45) is 11.7 Å². The van der Waals surface area contributed by atoms with Crippen LogP contribution < -0.4 is 21.7 Å². The number of nitrogens with one attached hydrogen (secondary N) is 3. The number of carbonyl (C=O) groups is 3. The Morgan fingerprint density at radius 2 is 1.94 bits per heavy atom. The topological polar surface area (TPSA) is 134 Å². The van der Waals surface area contributed by atoms with E-state index in [2.05, 4.69) is 16.0 Å². The minimum atomic E-state index is -1.10. The lowest BCUT2D eigenvalue weighted by molar-refractivity contribution is -0.133. The van der Waals surface area contributed by atoms with Gasteiger partial charge in [-0.3, -0.25) is 14.4 Å². The molecule has 172 valence electrons. The molecule has 8 heteroatoms. The van der Waals surface area contributed by atoms with Gasteiger partial charge in [0.1, 0.15) is 11.8 Å². The molecule has 0 radical (unpaired) electrons. The summed E-state index contributed by atoms with van der Waals surface area (Å²) >= 11 is 0. The molecule has 1 aliphatic rings. The van der Waals surface area contributed by atoms with Crippen LogP contribution in [0.25, 0.3) is 0 Å². The van der Waals surface area contributed by atoms with Crippen molar-refractivity contribution in [2.75, 3.05) is 13.1 Å². The number of Topliss-reactive ketones (excluding diaryl/α,β-unsaturated/α-hetero) is 1. The molecule has 1 aliphatic heterocycles. The maximum Gasteiger partial charge on any atom is 0.245 e. The van der Waals surface area contributed by atoms with E-state index in [0.29, 0.717) is 38.9 Å². The van der Waals surface area contributed by atoms with Crippen LogP contribution in [-0.4, -0.2) is 54.0 Å². The van der Waals surface area contributed by atoms with E-state index in [9.17, 15) is 19.5 Å². The predicted molar refractivity (Wildman–Crippen MR) is 119 cm³/mol. The van der Waals surface area contributed by atoms with Gasteiger partial charge in [-0.2, -0.15) is 0 Å². The summed E-state index contributed by atoms with van der Waals surface area (Å²) in [5.41, 5.74) is 7.66. The Morgan fingerprint density at radius 1 is 1.23 bits per heavy atom. The van der Waals surface area contributed by atoms with E-state index in [-0.39, 0.29) is 23.7 Å². The minimum absolute atomic E-state index is 0.125. The van der Waals surface area contributed by atoms with Gasteiger partial charge in [-0.25, -0.2) is 0 Å². The molecule has 31 heavy (non-hydrogen) atoms. The number of hydrogen-bond donors (Lipinski definition) is 5. The van der Waals surface area contributed by atoms with Crippen LogP contribution in [0.1, 0.15) is 57.1 Å². The number of ketones is 1. The summed E-state index contributed by atoms with van der Waals surface area (Å²) in [5.74, 6) is -1.31. The van der Waals surface area contributed by atoms with Gasteiger partial charge < -0.3 is 26.8 Å². The number of carbonyl (C=O) groups excluding carboxylic acids is 3. The molecule has 0 fully saturated rings. The molecule has 8 nitrogen and oxygen atoms in total. The van der Waals surface area contributed by atoms with E-state index in [1.807, 2.05) is 38.1 Å². The fourth-order valence-electron chi connectivity index (χ4n) is 4.04. The molecule has 1 aromatic rings. The fourth-order valence-corrected chi connectivity index (χ4v) is 4.04. The first-order valence-electron chi connectivity index (χ1n) is 11.1. The Hall–Kier alpha value is -2.29. The van der Waals surface area contributed by atoms with Gasteiger partial charge in [-0.05, 0) is 37.4 Å². The first-order chi connectivity index (χ1) is 14.8. The zero-order chi connectivity index (χ0) is 23.0. The molecule has 2 rings (SSSR count). The highest BCUT2D eigenvalue weighted by Crippen LogP contribution is 2.24.